The summed E-state index contributed by atoms with van der Waals surface area (Å²) in [6, 6.07) is 3.02. The molecule has 0 aliphatic carbocycles. The van der Waals surface area contributed by atoms with Gasteiger partial charge in [-0.05, 0) is 18.6 Å². The molecule has 0 bridgehead atoms. The third kappa shape index (κ3) is 2.34. The number of amides is 1. The third-order valence-electron chi connectivity index (χ3n) is 2.01. The molecule has 0 aliphatic heterocycles. The van der Waals surface area contributed by atoms with Gasteiger partial charge < -0.3 is 14.9 Å². The van der Waals surface area contributed by atoms with Gasteiger partial charge in [-0.3, -0.25) is 4.79 Å². The van der Waals surface area contributed by atoms with Crippen molar-refractivity contribution in [1.29, 1.82) is 0 Å². The van der Waals surface area contributed by atoms with Crippen LogP contribution in [0, 0.1) is 6.92 Å². The van der Waals surface area contributed by atoms with Gasteiger partial charge in [-0.2, -0.15) is 0 Å². The molecule has 0 fully saturated rings. The Hall–Kier alpha value is -2.15. The largest absolute Gasteiger partial charge is 0.477 e. The number of nitrogens with zero attached hydrogens (tertiary/aromatic N) is 1. The molecule has 0 spiro atoms. The van der Waals surface area contributed by atoms with Crippen molar-refractivity contribution in [3.8, 4) is 0 Å². The summed E-state index contributed by atoms with van der Waals surface area (Å²) < 4.78 is 4.68. The van der Waals surface area contributed by atoms with E-state index in [1.165, 1.54) is 12.3 Å². The van der Waals surface area contributed by atoms with Gasteiger partial charge in [-0.15, -0.1) is 11.3 Å². The fourth-order valence-electron chi connectivity index (χ4n) is 1.26. The van der Waals surface area contributed by atoms with Crippen LogP contribution in [0.2, 0.25) is 0 Å². The molecule has 2 aromatic heterocycles. The monoisotopic (exact) mass is 252 g/mol. The maximum Gasteiger partial charge on any atom is 0.346 e. The number of nitrogens with one attached hydrogen (secondary N) is 1. The maximum atomic E-state index is 11.6. The Morgan fingerprint density at radius 2 is 2.29 bits per heavy atom. The average molecular weight is 252 g/mol. The Morgan fingerprint density at radius 1 is 1.53 bits per heavy atom. The van der Waals surface area contributed by atoms with Gasteiger partial charge in [0.15, 0.2) is 0 Å². The van der Waals surface area contributed by atoms with Crippen LogP contribution < -0.4 is 5.32 Å². The first-order valence-corrected chi connectivity index (χ1v) is 5.45. The van der Waals surface area contributed by atoms with E-state index in [1.54, 1.807) is 13.0 Å². The van der Waals surface area contributed by atoms with Crippen LogP contribution in [-0.4, -0.2) is 22.1 Å². The number of aromatic nitrogens is 1. The van der Waals surface area contributed by atoms with Gasteiger partial charge in [-0.1, -0.05) is 5.16 Å². The van der Waals surface area contributed by atoms with E-state index in [0.29, 0.717) is 10.6 Å². The molecule has 2 aromatic rings. The Bertz CT molecular complexity index is 559. The van der Waals surface area contributed by atoms with E-state index in [0.717, 1.165) is 11.3 Å². The molecule has 7 heteroatoms. The molecule has 0 radical (unpaired) electrons. The molecular formula is C10H8N2O4S. The van der Waals surface area contributed by atoms with Gasteiger partial charge >= 0.3 is 5.97 Å². The fourth-order valence-corrected chi connectivity index (χ4v) is 2.17. The van der Waals surface area contributed by atoms with Crippen LogP contribution in [0.3, 0.4) is 0 Å². The average Bonchev–Trinajstić information content (AvgIpc) is 2.86. The van der Waals surface area contributed by atoms with E-state index < -0.39 is 11.9 Å². The summed E-state index contributed by atoms with van der Waals surface area (Å²) in [5.74, 6) is -1.39. The summed E-state index contributed by atoms with van der Waals surface area (Å²) in [5.41, 5.74) is 0.607. The lowest BCUT2D eigenvalue weighted by molar-refractivity contribution is 0.0701. The Labute approximate surface area is 99.9 Å². The number of thiophene rings is 1. The number of hydrogen-bond donors (Lipinski definition) is 2. The number of carbonyl (C=O) groups excluding carboxylic acids is 1. The van der Waals surface area contributed by atoms with Crippen molar-refractivity contribution in [2.75, 3.05) is 5.32 Å². The van der Waals surface area contributed by atoms with Gasteiger partial charge in [0.05, 0.1) is 11.2 Å². The number of rotatable bonds is 3. The molecule has 0 aliphatic rings. The van der Waals surface area contributed by atoms with Crippen molar-refractivity contribution in [3.05, 3.63) is 34.5 Å². The van der Waals surface area contributed by atoms with Gasteiger partial charge in [0.1, 0.15) is 4.88 Å². The highest BCUT2D eigenvalue weighted by Gasteiger charge is 2.15. The molecule has 2 heterocycles. The smallest absolute Gasteiger partial charge is 0.346 e. The molecule has 6 nitrogen and oxygen atoms in total. The van der Waals surface area contributed by atoms with Crippen molar-refractivity contribution in [1.82, 2.24) is 5.16 Å². The highest BCUT2D eigenvalue weighted by atomic mass is 32.1. The number of carboxylic acid groups (broad SMARTS) is 1. The standard InChI is InChI=1S/C10H8N2O4S/c1-5-4-7(17-8(5)10(14)15)12-9(13)6-2-3-11-16-6/h2-4H,1H3,(H,12,13)(H,14,15). The van der Waals surface area contributed by atoms with E-state index in [9.17, 15) is 9.59 Å². The molecule has 1 amide bonds. The van der Waals surface area contributed by atoms with Crippen LogP contribution in [0.15, 0.2) is 22.9 Å². The van der Waals surface area contributed by atoms with Gasteiger partial charge in [0.2, 0.25) is 5.76 Å². The van der Waals surface area contributed by atoms with E-state index in [1.807, 2.05) is 0 Å². The summed E-state index contributed by atoms with van der Waals surface area (Å²) in [6.07, 6.45) is 1.36. The second-order valence-electron chi connectivity index (χ2n) is 3.26. The maximum absolute atomic E-state index is 11.6. The van der Waals surface area contributed by atoms with Crippen molar-refractivity contribution >= 4 is 28.2 Å². The quantitative estimate of drug-likeness (QED) is 0.871. The number of anilines is 1. The summed E-state index contributed by atoms with van der Waals surface area (Å²) >= 11 is 1.000. The van der Waals surface area contributed by atoms with Crippen molar-refractivity contribution in [2.45, 2.75) is 6.92 Å². The van der Waals surface area contributed by atoms with Crippen molar-refractivity contribution in [2.24, 2.45) is 0 Å². The lowest BCUT2D eigenvalue weighted by Gasteiger charge is -1.96. The number of aryl methyl sites for hydroxylation is 1. The van der Waals surface area contributed by atoms with E-state index >= 15 is 0 Å². The predicted molar refractivity (Wildman–Crippen MR) is 60.5 cm³/mol. The van der Waals surface area contributed by atoms with Crippen LogP contribution >= 0.6 is 11.3 Å². The Morgan fingerprint density at radius 3 is 2.82 bits per heavy atom. The number of hydrogen-bond acceptors (Lipinski definition) is 5. The number of carboxylic acids is 1. The molecule has 0 aromatic carbocycles. The van der Waals surface area contributed by atoms with Crippen LogP contribution in [0.25, 0.3) is 0 Å². The number of carbonyl (C=O) groups is 2. The molecule has 0 saturated heterocycles. The summed E-state index contributed by atoms with van der Waals surface area (Å²) in [6.45, 7) is 1.67. The first kappa shape index (κ1) is 11.3. The van der Waals surface area contributed by atoms with E-state index in [2.05, 4.69) is 15.0 Å². The molecule has 17 heavy (non-hydrogen) atoms. The topological polar surface area (TPSA) is 92.4 Å². The van der Waals surface area contributed by atoms with Gasteiger partial charge in [0, 0.05) is 6.07 Å². The molecular weight excluding hydrogens is 244 g/mol. The summed E-state index contributed by atoms with van der Waals surface area (Å²) in [7, 11) is 0. The molecule has 88 valence electrons. The fraction of sp³-hybridized carbons (Fsp3) is 0.100. The first-order valence-electron chi connectivity index (χ1n) is 4.63. The second kappa shape index (κ2) is 4.38. The zero-order valence-corrected chi connectivity index (χ0v) is 9.58. The molecule has 0 saturated carbocycles. The van der Waals surface area contributed by atoms with Crippen LogP contribution in [-0.2, 0) is 0 Å². The zero-order valence-electron chi connectivity index (χ0n) is 8.76. The lowest BCUT2D eigenvalue weighted by atomic mass is 10.3. The number of aromatic carboxylic acids is 1. The third-order valence-corrected chi connectivity index (χ3v) is 3.15. The minimum Gasteiger partial charge on any atom is -0.477 e. The highest BCUT2D eigenvalue weighted by Crippen LogP contribution is 2.26. The minimum atomic E-state index is -1.01. The Kier molecular flexibility index (Phi) is 2.92. The van der Waals surface area contributed by atoms with E-state index in [-0.39, 0.29) is 10.6 Å². The van der Waals surface area contributed by atoms with Gasteiger partial charge in [0.25, 0.3) is 5.91 Å². The van der Waals surface area contributed by atoms with Crippen molar-refractivity contribution in [3.63, 3.8) is 0 Å². The van der Waals surface area contributed by atoms with Crippen LogP contribution in [0.5, 0.6) is 0 Å². The summed E-state index contributed by atoms with van der Waals surface area (Å²) in [4.78, 5) is 22.6. The molecule has 2 N–H and O–H groups in total. The molecule has 0 unspecified atom stereocenters. The Balaban J connectivity index is 2.17. The van der Waals surface area contributed by atoms with Crippen LogP contribution in [0.4, 0.5) is 5.00 Å². The lowest BCUT2D eigenvalue weighted by Crippen LogP contribution is -2.09. The predicted octanol–water partition coefficient (Wildman–Crippen LogP) is 2.00. The first-order chi connectivity index (χ1) is 8.08. The second-order valence-corrected chi connectivity index (χ2v) is 4.31. The van der Waals surface area contributed by atoms with Gasteiger partial charge in [-0.25, -0.2) is 4.79 Å². The zero-order chi connectivity index (χ0) is 12.4. The summed E-state index contributed by atoms with van der Waals surface area (Å²) in [5, 5.41) is 15.3. The van der Waals surface area contributed by atoms with E-state index in [4.69, 9.17) is 5.11 Å². The normalized spacial score (nSPS) is 10.2. The molecule has 2 rings (SSSR count). The SMILES string of the molecule is Cc1cc(NC(=O)c2ccno2)sc1C(=O)O. The highest BCUT2D eigenvalue weighted by molar-refractivity contribution is 7.18. The minimum absolute atomic E-state index is 0.0768. The van der Waals surface area contributed by atoms with Crippen LogP contribution in [0.1, 0.15) is 25.8 Å². The molecule has 0 atom stereocenters. The van der Waals surface area contributed by atoms with Crippen molar-refractivity contribution < 1.29 is 19.2 Å².